The van der Waals surface area contributed by atoms with Crippen LogP contribution in [0.25, 0.3) is 0 Å². The molecule has 0 aliphatic rings. The van der Waals surface area contributed by atoms with Crippen LogP contribution in [0.15, 0.2) is 18.2 Å². The lowest BCUT2D eigenvalue weighted by Gasteiger charge is -2.22. The summed E-state index contributed by atoms with van der Waals surface area (Å²) in [6, 6.07) is 4.30. The molecule has 122 valence electrons. The van der Waals surface area contributed by atoms with Gasteiger partial charge in [-0.2, -0.15) is 0 Å². The monoisotopic (exact) mass is 329 g/mol. The van der Waals surface area contributed by atoms with E-state index in [1.54, 1.807) is 20.8 Å². The highest BCUT2D eigenvalue weighted by Gasteiger charge is 2.22. The molecule has 1 aromatic carbocycles. The number of ether oxygens (including phenoxy) is 1. The number of benzene rings is 1. The third-order valence-electron chi connectivity index (χ3n) is 2.64. The molecule has 0 heterocycles. The molecule has 1 aromatic rings. The Bertz CT molecular complexity index is 541. The number of carbonyl (C=O) groups excluding carboxylic acids is 2. The second-order valence-corrected chi connectivity index (χ2v) is 6.27. The minimum atomic E-state index is -1.30. The van der Waals surface area contributed by atoms with E-state index in [-0.39, 0.29) is 22.7 Å². The molecule has 6 nitrogen and oxygen atoms in total. The van der Waals surface area contributed by atoms with Crippen LogP contribution in [0.3, 0.4) is 0 Å². The number of hydrogen-bond acceptors (Lipinski definition) is 5. The smallest absolute Gasteiger partial charge is 0.407 e. The maximum atomic E-state index is 11.5. The average molecular weight is 330 g/mol. The van der Waals surface area contributed by atoms with E-state index in [9.17, 15) is 19.8 Å². The van der Waals surface area contributed by atoms with Gasteiger partial charge in [0.05, 0.1) is 0 Å². The van der Waals surface area contributed by atoms with E-state index in [1.807, 2.05) is 0 Å². The molecule has 0 spiro atoms. The topological polar surface area (TPSA) is 95.9 Å². The normalized spacial score (nSPS) is 14.1. The van der Waals surface area contributed by atoms with E-state index in [2.05, 4.69) is 5.32 Å². The molecular weight excluding hydrogens is 310 g/mol. The van der Waals surface area contributed by atoms with Crippen LogP contribution in [-0.4, -0.2) is 40.8 Å². The van der Waals surface area contributed by atoms with Gasteiger partial charge in [0.25, 0.3) is 0 Å². The lowest BCUT2D eigenvalue weighted by Crippen LogP contribution is -2.38. The molecular formula is C15H20ClNO5. The van der Waals surface area contributed by atoms with E-state index in [1.165, 1.54) is 18.2 Å². The fraction of sp³-hybridized carbons (Fsp3) is 0.467. The predicted octanol–water partition coefficient (Wildman–Crippen LogP) is 2.07. The number of aliphatic hydroxyl groups excluding tert-OH is 2. The van der Waals surface area contributed by atoms with Crippen molar-refractivity contribution in [1.29, 1.82) is 0 Å². The van der Waals surface area contributed by atoms with Crippen LogP contribution in [0, 0.1) is 0 Å². The van der Waals surface area contributed by atoms with Gasteiger partial charge in [0, 0.05) is 17.1 Å². The molecule has 0 saturated carbocycles. The van der Waals surface area contributed by atoms with Crippen molar-refractivity contribution in [3.05, 3.63) is 34.3 Å². The third-order valence-corrected chi connectivity index (χ3v) is 2.86. The first-order valence-corrected chi connectivity index (χ1v) is 7.09. The molecule has 22 heavy (non-hydrogen) atoms. The molecule has 0 aliphatic carbocycles. The van der Waals surface area contributed by atoms with Gasteiger partial charge in [-0.25, -0.2) is 4.79 Å². The number of rotatable bonds is 5. The van der Waals surface area contributed by atoms with Gasteiger partial charge in [0.2, 0.25) is 0 Å². The summed E-state index contributed by atoms with van der Waals surface area (Å²) in [5.74, 6) is 0. The Kier molecular flexibility index (Phi) is 6.34. The molecule has 0 fully saturated rings. The Morgan fingerprint density at radius 2 is 2.00 bits per heavy atom. The highest BCUT2D eigenvalue weighted by atomic mass is 35.5. The minimum absolute atomic E-state index is 0.209. The minimum Gasteiger partial charge on any atom is -0.444 e. The Balaban J connectivity index is 2.65. The van der Waals surface area contributed by atoms with Crippen molar-refractivity contribution >= 4 is 24.0 Å². The molecule has 7 heteroatoms. The maximum Gasteiger partial charge on any atom is 0.407 e. The SMILES string of the molecule is CC(C)(C)OC(=O)NCC(O)C(O)c1cc(Cl)cc(C=O)c1. The summed E-state index contributed by atoms with van der Waals surface area (Å²) in [6.45, 7) is 4.93. The van der Waals surface area contributed by atoms with Crippen molar-refractivity contribution in [2.24, 2.45) is 0 Å². The summed E-state index contributed by atoms with van der Waals surface area (Å²) in [6.07, 6.45) is -2.68. The number of hydrogen-bond donors (Lipinski definition) is 3. The highest BCUT2D eigenvalue weighted by Crippen LogP contribution is 2.22. The first kappa shape index (κ1) is 18.4. The molecule has 0 aliphatic heterocycles. The van der Waals surface area contributed by atoms with Crippen LogP contribution < -0.4 is 5.32 Å². The predicted molar refractivity (Wildman–Crippen MR) is 82.0 cm³/mol. The fourth-order valence-corrected chi connectivity index (χ4v) is 1.96. The lowest BCUT2D eigenvalue weighted by molar-refractivity contribution is 0.0129. The van der Waals surface area contributed by atoms with E-state index < -0.39 is 23.9 Å². The van der Waals surface area contributed by atoms with Crippen molar-refractivity contribution in [3.8, 4) is 0 Å². The molecule has 0 radical (unpaired) electrons. The number of halogens is 1. The van der Waals surface area contributed by atoms with Gasteiger partial charge in [-0.05, 0) is 44.5 Å². The van der Waals surface area contributed by atoms with Crippen LogP contribution in [-0.2, 0) is 4.74 Å². The average Bonchev–Trinajstić information content (AvgIpc) is 2.41. The van der Waals surface area contributed by atoms with Gasteiger partial charge in [-0.1, -0.05) is 11.6 Å². The summed E-state index contributed by atoms with van der Waals surface area (Å²) in [7, 11) is 0. The molecule has 1 rings (SSSR count). The number of nitrogens with one attached hydrogen (secondary N) is 1. The maximum absolute atomic E-state index is 11.5. The summed E-state index contributed by atoms with van der Waals surface area (Å²) < 4.78 is 5.02. The molecule has 0 bridgehead atoms. The number of amides is 1. The first-order valence-electron chi connectivity index (χ1n) is 6.71. The van der Waals surface area contributed by atoms with Crippen molar-refractivity contribution in [3.63, 3.8) is 0 Å². The molecule has 1 amide bonds. The zero-order valence-electron chi connectivity index (χ0n) is 12.7. The fourth-order valence-electron chi connectivity index (χ4n) is 1.71. The van der Waals surface area contributed by atoms with Crippen molar-refractivity contribution in [2.75, 3.05) is 6.54 Å². The van der Waals surface area contributed by atoms with Gasteiger partial charge in [0.1, 0.15) is 24.1 Å². The number of carbonyl (C=O) groups is 2. The Hall–Kier alpha value is -1.63. The van der Waals surface area contributed by atoms with Gasteiger partial charge >= 0.3 is 6.09 Å². The van der Waals surface area contributed by atoms with Gasteiger partial charge in [-0.3, -0.25) is 4.79 Å². The lowest BCUT2D eigenvalue weighted by atomic mass is 10.0. The number of aldehydes is 1. The molecule has 2 atom stereocenters. The van der Waals surface area contributed by atoms with Crippen LogP contribution in [0.2, 0.25) is 5.02 Å². The summed E-state index contributed by atoms with van der Waals surface area (Å²) in [5, 5.41) is 22.6. The standard InChI is InChI=1S/C15H20ClNO5/c1-15(2,3)22-14(21)17-7-12(19)13(20)10-4-9(8-18)5-11(16)6-10/h4-6,8,12-13,19-20H,7H2,1-3H3,(H,17,21). The Morgan fingerprint density at radius 1 is 1.36 bits per heavy atom. The quantitative estimate of drug-likeness (QED) is 0.719. The highest BCUT2D eigenvalue weighted by molar-refractivity contribution is 6.30. The van der Waals surface area contributed by atoms with E-state index in [0.29, 0.717) is 6.29 Å². The molecule has 3 N–H and O–H groups in total. The second kappa shape index (κ2) is 7.58. The summed E-state index contributed by atoms with van der Waals surface area (Å²) in [4.78, 5) is 22.3. The van der Waals surface area contributed by atoms with Crippen LogP contribution in [0.4, 0.5) is 4.79 Å². The van der Waals surface area contributed by atoms with Crippen LogP contribution in [0.1, 0.15) is 42.8 Å². The molecule has 2 unspecified atom stereocenters. The summed E-state index contributed by atoms with van der Waals surface area (Å²) >= 11 is 5.84. The molecule has 0 saturated heterocycles. The zero-order valence-corrected chi connectivity index (χ0v) is 13.4. The van der Waals surface area contributed by atoms with Gasteiger partial charge in [0.15, 0.2) is 0 Å². The summed E-state index contributed by atoms with van der Waals surface area (Å²) in [5.41, 5.74) is -0.0821. The second-order valence-electron chi connectivity index (χ2n) is 5.83. The van der Waals surface area contributed by atoms with Gasteiger partial charge in [-0.15, -0.1) is 0 Å². The van der Waals surface area contributed by atoms with E-state index in [4.69, 9.17) is 16.3 Å². The largest absolute Gasteiger partial charge is 0.444 e. The van der Waals surface area contributed by atoms with Crippen LogP contribution in [0.5, 0.6) is 0 Å². The van der Waals surface area contributed by atoms with E-state index >= 15 is 0 Å². The Morgan fingerprint density at radius 3 is 2.55 bits per heavy atom. The van der Waals surface area contributed by atoms with Crippen LogP contribution >= 0.6 is 11.6 Å². The van der Waals surface area contributed by atoms with E-state index in [0.717, 1.165) is 0 Å². The van der Waals surface area contributed by atoms with Crippen molar-refractivity contribution < 1.29 is 24.5 Å². The third kappa shape index (κ3) is 6.01. The first-order chi connectivity index (χ1) is 10.1. The van der Waals surface area contributed by atoms with Crippen molar-refractivity contribution in [2.45, 2.75) is 38.6 Å². The number of aliphatic hydroxyl groups is 2. The van der Waals surface area contributed by atoms with Gasteiger partial charge < -0.3 is 20.3 Å². The molecule has 0 aromatic heterocycles. The van der Waals surface area contributed by atoms with Crippen molar-refractivity contribution in [1.82, 2.24) is 5.32 Å². The number of alkyl carbamates (subject to hydrolysis) is 1. The Labute approximate surface area is 134 Å². The zero-order chi connectivity index (χ0) is 16.9.